The van der Waals surface area contributed by atoms with Crippen LogP contribution in [0.2, 0.25) is 0 Å². The molecule has 1 aromatic rings. The van der Waals surface area contributed by atoms with Crippen LogP contribution in [-0.2, 0) is 6.54 Å². The van der Waals surface area contributed by atoms with Crippen molar-refractivity contribution in [3.8, 4) is 0 Å². The Balaban J connectivity index is 2.25. The molecular formula is C11H14ClN. The lowest BCUT2D eigenvalue weighted by molar-refractivity contribution is 0.759. The van der Waals surface area contributed by atoms with E-state index in [-0.39, 0.29) is 0 Å². The molecule has 0 spiro atoms. The van der Waals surface area contributed by atoms with Crippen LogP contribution in [0.3, 0.4) is 0 Å². The number of nitrogens with one attached hydrogen (secondary N) is 1. The Bertz CT molecular complexity index is 263. The van der Waals surface area contributed by atoms with Crippen molar-refractivity contribution in [3.05, 3.63) is 47.0 Å². The Hall–Kier alpha value is -0.790. The van der Waals surface area contributed by atoms with Crippen LogP contribution in [0.1, 0.15) is 12.5 Å². The normalized spacial score (nSPS) is 11.7. The number of allylic oxidation sites excluding steroid dienone is 1. The molecule has 0 aliphatic heterocycles. The number of halogens is 1. The second-order valence-electron chi connectivity index (χ2n) is 2.91. The van der Waals surface area contributed by atoms with Crippen molar-refractivity contribution in [1.82, 2.24) is 5.32 Å². The largest absolute Gasteiger partial charge is 0.309 e. The van der Waals surface area contributed by atoms with E-state index in [9.17, 15) is 0 Å². The highest BCUT2D eigenvalue weighted by Gasteiger charge is 1.88. The Kier molecular flexibility index (Phi) is 4.58. The molecule has 0 fully saturated rings. The van der Waals surface area contributed by atoms with E-state index >= 15 is 0 Å². The second kappa shape index (κ2) is 5.79. The third kappa shape index (κ3) is 4.71. The summed E-state index contributed by atoms with van der Waals surface area (Å²) >= 11 is 5.68. The molecule has 70 valence electrons. The van der Waals surface area contributed by atoms with Crippen LogP contribution in [0.5, 0.6) is 0 Å². The molecule has 0 atom stereocenters. The summed E-state index contributed by atoms with van der Waals surface area (Å²) in [6, 6.07) is 10.3. The molecule has 2 heteroatoms. The quantitative estimate of drug-likeness (QED) is 0.729. The molecule has 1 nitrogen and oxygen atoms in total. The van der Waals surface area contributed by atoms with Gasteiger partial charge in [-0.3, -0.25) is 0 Å². The van der Waals surface area contributed by atoms with Gasteiger partial charge in [-0.05, 0) is 12.5 Å². The van der Waals surface area contributed by atoms with Crippen molar-refractivity contribution in [2.45, 2.75) is 13.5 Å². The van der Waals surface area contributed by atoms with Crippen LogP contribution < -0.4 is 5.32 Å². The standard InChI is InChI=1S/C11H14ClN/c1-10(12)7-8-13-9-11-5-3-2-4-6-11/h2-7,13H,8-9H2,1H3/b10-7-. The van der Waals surface area contributed by atoms with Gasteiger partial charge >= 0.3 is 0 Å². The summed E-state index contributed by atoms with van der Waals surface area (Å²) < 4.78 is 0. The lowest BCUT2D eigenvalue weighted by Gasteiger charge is -2.01. The summed E-state index contributed by atoms with van der Waals surface area (Å²) in [7, 11) is 0. The predicted molar refractivity (Wildman–Crippen MR) is 57.8 cm³/mol. The van der Waals surface area contributed by atoms with E-state index in [1.807, 2.05) is 31.2 Å². The van der Waals surface area contributed by atoms with Gasteiger partial charge in [0, 0.05) is 18.1 Å². The molecule has 1 aromatic carbocycles. The Morgan fingerprint density at radius 3 is 2.69 bits per heavy atom. The molecule has 1 N–H and O–H groups in total. The van der Waals surface area contributed by atoms with E-state index < -0.39 is 0 Å². The van der Waals surface area contributed by atoms with Gasteiger partial charge in [0.1, 0.15) is 0 Å². The fourth-order valence-electron chi connectivity index (χ4n) is 1.03. The number of benzene rings is 1. The van der Waals surface area contributed by atoms with Crippen LogP contribution in [-0.4, -0.2) is 6.54 Å². The Morgan fingerprint density at radius 2 is 2.08 bits per heavy atom. The van der Waals surface area contributed by atoms with E-state index in [4.69, 9.17) is 11.6 Å². The minimum absolute atomic E-state index is 0.824. The molecule has 0 heterocycles. The zero-order valence-corrected chi connectivity index (χ0v) is 8.51. The molecule has 0 bridgehead atoms. The summed E-state index contributed by atoms with van der Waals surface area (Å²) in [4.78, 5) is 0. The first-order chi connectivity index (χ1) is 6.29. The molecule has 1 rings (SSSR count). The highest BCUT2D eigenvalue weighted by atomic mass is 35.5. The van der Waals surface area contributed by atoms with E-state index in [0.29, 0.717) is 0 Å². The summed E-state index contributed by atoms with van der Waals surface area (Å²) in [6.45, 7) is 3.59. The summed E-state index contributed by atoms with van der Waals surface area (Å²) in [6.07, 6.45) is 1.96. The molecule has 0 unspecified atom stereocenters. The molecule has 0 radical (unpaired) electrons. The zero-order chi connectivity index (χ0) is 9.52. The first-order valence-electron chi connectivity index (χ1n) is 4.36. The number of hydrogen-bond donors (Lipinski definition) is 1. The van der Waals surface area contributed by atoms with Gasteiger partial charge in [0.05, 0.1) is 0 Å². The first kappa shape index (κ1) is 10.3. The van der Waals surface area contributed by atoms with Crippen molar-refractivity contribution in [2.75, 3.05) is 6.54 Å². The van der Waals surface area contributed by atoms with Gasteiger partial charge in [0.15, 0.2) is 0 Å². The fraction of sp³-hybridized carbons (Fsp3) is 0.273. The number of hydrogen-bond acceptors (Lipinski definition) is 1. The maximum atomic E-state index is 5.68. The average Bonchev–Trinajstić information content (AvgIpc) is 2.14. The third-order valence-electron chi connectivity index (χ3n) is 1.70. The van der Waals surface area contributed by atoms with Gasteiger partial charge in [-0.15, -0.1) is 0 Å². The Labute approximate surface area is 84.4 Å². The van der Waals surface area contributed by atoms with Gasteiger partial charge in [0.25, 0.3) is 0 Å². The van der Waals surface area contributed by atoms with Crippen LogP contribution >= 0.6 is 11.6 Å². The SMILES string of the molecule is C/C(Cl)=C/CNCc1ccccc1. The van der Waals surface area contributed by atoms with E-state index in [2.05, 4.69) is 17.4 Å². The van der Waals surface area contributed by atoms with Crippen LogP contribution in [0, 0.1) is 0 Å². The molecule has 13 heavy (non-hydrogen) atoms. The average molecular weight is 196 g/mol. The Morgan fingerprint density at radius 1 is 1.38 bits per heavy atom. The topological polar surface area (TPSA) is 12.0 Å². The molecule has 0 saturated carbocycles. The summed E-state index contributed by atoms with van der Waals surface area (Å²) in [5, 5.41) is 4.11. The monoisotopic (exact) mass is 195 g/mol. The lowest BCUT2D eigenvalue weighted by atomic mass is 10.2. The molecule has 0 aromatic heterocycles. The van der Waals surface area contributed by atoms with Crippen molar-refractivity contribution < 1.29 is 0 Å². The van der Waals surface area contributed by atoms with Crippen LogP contribution in [0.25, 0.3) is 0 Å². The first-order valence-corrected chi connectivity index (χ1v) is 4.74. The van der Waals surface area contributed by atoms with Gasteiger partial charge in [-0.2, -0.15) is 0 Å². The molecule has 0 amide bonds. The van der Waals surface area contributed by atoms with Crippen molar-refractivity contribution in [1.29, 1.82) is 0 Å². The molecular weight excluding hydrogens is 182 g/mol. The van der Waals surface area contributed by atoms with Gasteiger partial charge in [0.2, 0.25) is 0 Å². The van der Waals surface area contributed by atoms with E-state index in [0.717, 1.165) is 18.1 Å². The van der Waals surface area contributed by atoms with Crippen molar-refractivity contribution in [2.24, 2.45) is 0 Å². The van der Waals surface area contributed by atoms with E-state index in [1.165, 1.54) is 5.56 Å². The second-order valence-corrected chi connectivity index (χ2v) is 3.50. The van der Waals surface area contributed by atoms with Crippen LogP contribution in [0.15, 0.2) is 41.4 Å². The van der Waals surface area contributed by atoms with Crippen molar-refractivity contribution in [3.63, 3.8) is 0 Å². The smallest absolute Gasteiger partial charge is 0.0208 e. The third-order valence-corrected chi connectivity index (χ3v) is 1.85. The zero-order valence-electron chi connectivity index (χ0n) is 7.76. The fourth-order valence-corrected chi connectivity index (χ4v) is 1.10. The predicted octanol–water partition coefficient (Wildman–Crippen LogP) is 2.92. The molecule has 0 aliphatic rings. The van der Waals surface area contributed by atoms with Crippen LogP contribution in [0.4, 0.5) is 0 Å². The highest BCUT2D eigenvalue weighted by molar-refractivity contribution is 6.29. The maximum Gasteiger partial charge on any atom is 0.0208 e. The summed E-state index contributed by atoms with van der Waals surface area (Å²) in [5.74, 6) is 0. The van der Waals surface area contributed by atoms with E-state index in [1.54, 1.807) is 0 Å². The van der Waals surface area contributed by atoms with Gasteiger partial charge < -0.3 is 5.32 Å². The van der Waals surface area contributed by atoms with Gasteiger partial charge in [-0.1, -0.05) is 48.0 Å². The van der Waals surface area contributed by atoms with Crippen molar-refractivity contribution >= 4 is 11.6 Å². The minimum atomic E-state index is 0.824. The molecule has 0 saturated heterocycles. The highest BCUT2D eigenvalue weighted by Crippen LogP contribution is 1.98. The maximum absolute atomic E-state index is 5.68. The van der Waals surface area contributed by atoms with Gasteiger partial charge in [-0.25, -0.2) is 0 Å². The number of rotatable bonds is 4. The minimum Gasteiger partial charge on any atom is -0.309 e. The summed E-state index contributed by atoms with van der Waals surface area (Å²) in [5.41, 5.74) is 1.29. The molecule has 0 aliphatic carbocycles. The lowest BCUT2D eigenvalue weighted by Crippen LogP contribution is -2.12.